The molecule has 0 atom stereocenters. The van der Waals surface area contributed by atoms with Crippen LogP contribution in [0.4, 0.5) is 4.79 Å². The summed E-state index contributed by atoms with van der Waals surface area (Å²) in [5.74, 6) is -0.353. The molecule has 0 bridgehead atoms. The van der Waals surface area contributed by atoms with Gasteiger partial charge in [0, 0.05) is 7.05 Å². The number of imide groups is 1. The Morgan fingerprint density at radius 3 is 2.94 bits per heavy atom. The standard InChI is InChI=1S/C11H8N4O2S/c1-15-8-4-6(2-3-7(8)13-14-15)5-9-10(16)12-11(17)18-9/h2-5H,1H3,(H,12,16,17). The minimum atomic E-state index is -0.353. The molecule has 0 saturated carbocycles. The number of fused-ring (bicyclic) bond motifs is 1. The summed E-state index contributed by atoms with van der Waals surface area (Å²) in [6.07, 6.45) is 1.68. The molecule has 1 N–H and O–H groups in total. The van der Waals surface area contributed by atoms with Gasteiger partial charge in [0.2, 0.25) is 0 Å². The van der Waals surface area contributed by atoms with E-state index in [-0.39, 0.29) is 11.1 Å². The fourth-order valence-electron chi connectivity index (χ4n) is 1.71. The Kier molecular flexibility index (Phi) is 2.41. The molecule has 1 aromatic carbocycles. The van der Waals surface area contributed by atoms with E-state index in [1.54, 1.807) is 17.8 Å². The van der Waals surface area contributed by atoms with E-state index < -0.39 is 0 Å². The second-order valence-electron chi connectivity index (χ2n) is 3.81. The van der Waals surface area contributed by atoms with Gasteiger partial charge in [0.15, 0.2) is 0 Å². The van der Waals surface area contributed by atoms with Gasteiger partial charge in [0.25, 0.3) is 11.1 Å². The van der Waals surface area contributed by atoms with E-state index in [4.69, 9.17) is 0 Å². The highest BCUT2D eigenvalue weighted by molar-refractivity contribution is 8.18. The summed E-state index contributed by atoms with van der Waals surface area (Å²) in [5.41, 5.74) is 2.50. The van der Waals surface area contributed by atoms with Crippen molar-refractivity contribution in [1.82, 2.24) is 20.3 Å². The Bertz CT molecular complexity index is 704. The number of rotatable bonds is 1. The van der Waals surface area contributed by atoms with Crippen LogP contribution in [0.1, 0.15) is 5.56 Å². The average Bonchev–Trinajstić information content (AvgIpc) is 2.84. The Morgan fingerprint density at radius 1 is 1.39 bits per heavy atom. The minimum absolute atomic E-state index is 0.338. The summed E-state index contributed by atoms with van der Waals surface area (Å²) < 4.78 is 1.66. The lowest BCUT2D eigenvalue weighted by molar-refractivity contribution is -0.115. The van der Waals surface area contributed by atoms with Gasteiger partial charge in [0.05, 0.1) is 10.4 Å². The Hall–Kier alpha value is -2.15. The second-order valence-corrected chi connectivity index (χ2v) is 4.83. The maximum Gasteiger partial charge on any atom is 0.290 e. The molecule has 0 aliphatic carbocycles. The first-order valence-electron chi connectivity index (χ1n) is 5.18. The summed E-state index contributed by atoms with van der Waals surface area (Å²) in [7, 11) is 1.80. The van der Waals surface area contributed by atoms with Crippen LogP contribution in [-0.2, 0) is 11.8 Å². The van der Waals surface area contributed by atoms with Gasteiger partial charge < -0.3 is 0 Å². The second kappa shape index (κ2) is 3.95. The van der Waals surface area contributed by atoms with E-state index in [0.717, 1.165) is 28.4 Å². The van der Waals surface area contributed by atoms with Crippen LogP contribution in [0.5, 0.6) is 0 Å². The van der Waals surface area contributed by atoms with E-state index in [1.165, 1.54) is 0 Å². The summed E-state index contributed by atoms with van der Waals surface area (Å²) in [6.45, 7) is 0. The number of aryl methyl sites for hydroxylation is 1. The zero-order valence-electron chi connectivity index (χ0n) is 9.38. The molecule has 7 heteroatoms. The number of hydrogen-bond donors (Lipinski definition) is 1. The fourth-order valence-corrected chi connectivity index (χ4v) is 2.39. The third-order valence-electron chi connectivity index (χ3n) is 2.57. The predicted molar refractivity (Wildman–Crippen MR) is 67.6 cm³/mol. The number of benzene rings is 1. The van der Waals surface area contributed by atoms with Crippen molar-refractivity contribution in [2.45, 2.75) is 0 Å². The first-order chi connectivity index (χ1) is 8.63. The first-order valence-corrected chi connectivity index (χ1v) is 5.99. The molecule has 1 aliphatic heterocycles. The monoisotopic (exact) mass is 260 g/mol. The summed E-state index contributed by atoms with van der Waals surface area (Å²) >= 11 is 0.904. The number of nitrogens with one attached hydrogen (secondary N) is 1. The smallest absolute Gasteiger partial charge is 0.282 e. The zero-order chi connectivity index (χ0) is 12.7. The molecule has 1 aromatic heterocycles. The van der Waals surface area contributed by atoms with E-state index in [9.17, 15) is 9.59 Å². The lowest BCUT2D eigenvalue weighted by atomic mass is 10.2. The first kappa shape index (κ1) is 11.0. The number of amides is 2. The summed E-state index contributed by atoms with van der Waals surface area (Å²) in [6, 6.07) is 5.54. The van der Waals surface area contributed by atoms with Gasteiger partial charge in [-0.1, -0.05) is 11.3 Å². The van der Waals surface area contributed by atoms with Gasteiger partial charge in [-0.05, 0) is 35.5 Å². The maximum absolute atomic E-state index is 11.4. The van der Waals surface area contributed by atoms with Crippen LogP contribution >= 0.6 is 11.8 Å². The van der Waals surface area contributed by atoms with Crippen molar-refractivity contribution in [3.63, 3.8) is 0 Å². The quantitative estimate of drug-likeness (QED) is 0.782. The van der Waals surface area contributed by atoms with E-state index in [0.29, 0.717) is 4.91 Å². The van der Waals surface area contributed by atoms with Crippen molar-refractivity contribution in [2.75, 3.05) is 0 Å². The van der Waals surface area contributed by atoms with Crippen molar-refractivity contribution in [3.8, 4) is 0 Å². The molecular formula is C11H8N4O2S. The minimum Gasteiger partial charge on any atom is -0.282 e. The SMILES string of the molecule is Cn1nnc2ccc(C=C3SC(=O)NC3=O)cc21. The molecule has 0 unspecified atom stereocenters. The lowest BCUT2D eigenvalue weighted by Crippen LogP contribution is -2.17. The summed E-state index contributed by atoms with van der Waals surface area (Å²) in [4.78, 5) is 22.9. The number of aromatic nitrogens is 3. The van der Waals surface area contributed by atoms with Gasteiger partial charge in [-0.3, -0.25) is 14.9 Å². The van der Waals surface area contributed by atoms with Crippen molar-refractivity contribution in [3.05, 3.63) is 28.7 Å². The molecule has 2 heterocycles. The highest BCUT2D eigenvalue weighted by Gasteiger charge is 2.24. The molecule has 18 heavy (non-hydrogen) atoms. The molecule has 0 spiro atoms. The number of thioether (sulfide) groups is 1. The van der Waals surface area contributed by atoms with E-state index in [1.807, 2.05) is 18.2 Å². The van der Waals surface area contributed by atoms with Gasteiger partial charge in [0.1, 0.15) is 5.52 Å². The van der Waals surface area contributed by atoms with Crippen LogP contribution in [0.15, 0.2) is 23.1 Å². The topological polar surface area (TPSA) is 76.9 Å². The van der Waals surface area contributed by atoms with Gasteiger partial charge in [-0.15, -0.1) is 5.10 Å². The van der Waals surface area contributed by atoms with Crippen molar-refractivity contribution in [2.24, 2.45) is 7.05 Å². The molecule has 1 saturated heterocycles. The lowest BCUT2D eigenvalue weighted by Gasteiger charge is -1.96. The third kappa shape index (κ3) is 1.78. The summed E-state index contributed by atoms with van der Waals surface area (Å²) in [5, 5.41) is 9.75. The van der Waals surface area contributed by atoms with Gasteiger partial charge in [-0.2, -0.15) is 0 Å². The van der Waals surface area contributed by atoms with Crippen LogP contribution in [0.3, 0.4) is 0 Å². The maximum atomic E-state index is 11.4. The Morgan fingerprint density at radius 2 is 2.22 bits per heavy atom. The zero-order valence-corrected chi connectivity index (χ0v) is 10.2. The molecule has 3 rings (SSSR count). The van der Waals surface area contributed by atoms with Crippen LogP contribution in [0.25, 0.3) is 17.1 Å². The largest absolute Gasteiger partial charge is 0.290 e. The van der Waals surface area contributed by atoms with Crippen LogP contribution in [0, 0.1) is 0 Å². The number of hydrogen-bond acceptors (Lipinski definition) is 5. The Balaban J connectivity index is 2.04. The number of carbonyl (C=O) groups is 2. The van der Waals surface area contributed by atoms with Crippen molar-refractivity contribution < 1.29 is 9.59 Å². The highest BCUT2D eigenvalue weighted by Crippen LogP contribution is 2.26. The van der Waals surface area contributed by atoms with E-state index >= 15 is 0 Å². The molecule has 90 valence electrons. The molecule has 6 nitrogen and oxygen atoms in total. The van der Waals surface area contributed by atoms with Crippen LogP contribution in [0.2, 0.25) is 0 Å². The van der Waals surface area contributed by atoms with Crippen molar-refractivity contribution in [1.29, 1.82) is 0 Å². The van der Waals surface area contributed by atoms with Crippen molar-refractivity contribution >= 4 is 40.0 Å². The van der Waals surface area contributed by atoms with Crippen LogP contribution < -0.4 is 5.32 Å². The number of nitrogens with zero attached hydrogens (tertiary/aromatic N) is 3. The third-order valence-corrected chi connectivity index (χ3v) is 3.39. The molecule has 2 amide bonds. The number of carbonyl (C=O) groups excluding carboxylic acids is 2. The molecular weight excluding hydrogens is 252 g/mol. The Labute approximate surface area is 106 Å². The molecule has 1 fully saturated rings. The van der Waals surface area contributed by atoms with Crippen LogP contribution in [-0.4, -0.2) is 26.1 Å². The average molecular weight is 260 g/mol. The molecule has 2 aromatic rings. The molecule has 0 radical (unpaired) electrons. The fraction of sp³-hybridized carbons (Fsp3) is 0.0909. The van der Waals surface area contributed by atoms with Gasteiger partial charge in [-0.25, -0.2) is 4.68 Å². The predicted octanol–water partition coefficient (Wildman–Crippen LogP) is 1.29. The van der Waals surface area contributed by atoms with E-state index in [2.05, 4.69) is 15.6 Å². The van der Waals surface area contributed by atoms with Gasteiger partial charge >= 0.3 is 0 Å². The normalized spacial score (nSPS) is 17.7. The highest BCUT2D eigenvalue weighted by atomic mass is 32.2. The molecule has 1 aliphatic rings.